The van der Waals surface area contributed by atoms with Crippen LogP contribution in [0.3, 0.4) is 0 Å². The summed E-state index contributed by atoms with van der Waals surface area (Å²) in [5.41, 5.74) is 1.66. The smallest absolute Gasteiger partial charge is 0.326 e. The monoisotopic (exact) mass is 464 g/mol. The van der Waals surface area contributed by atoms with E-state index in [0.717, 1.165) is 43.4 Å². The summed E-state index contributed by atoms with van der Waals surface area (Å²) in [5.74, 6) is -0.664. The second-order valence-electron chi connectivity index (χ2n) is 8.83. The SMILES string of the molecule is CCN(C1=CC(=O)C12CCCCC2)[C@@H](Cc1ccc(Nc2ncccc2[N+](=O)[O-])cc1)C(=O)O. The van der Waals surface area contributed by atoms with Crippen molar-refractivity contribution in [1.29, 1.82) is 0 Å². The Labute approximate surface area is 197 Å². The van der Waals surface area contributed by atoms with Crippen LogP contribution >= 0.6 is 0 Å². The summed E-state index contributed by atoms with van der Waals surface area (Å²) in [6.45, 7) is 2.42. The van der Waals surface area contributed by atoms with Gasteiger partial charge < -0.3 is 15.3 Å². The second kappa shape index (κ2) is 9.62. The zero-order valence-electron chi connectivity index (χ0n) is 19.1. The number of ketones is 1. The quantitative estimate of drug-likeness (QED) is 0.411. The van der Waals surface area contributed by atoms with E-state index in [1.165, 1.54) is 18.3 Å². The second-order valence-corrected chi connectivity index (χ2v) is 8.83. The minimum absolute atomic E-state index is 0.129. The highest BCUT2D eigenvalue weighted by Crippen LogP contribution is 2.51. The lowest BCUT2D eigenvalue weighted by Crippen LogP contribution is -2.53. The van der Waals surface area contributed by atoms with E-state index in [0.29, 0.717) is 12.2 Å². The van der Waals surface area contributed by atoms with Crippen molar-refractivity contribution in [2.24, 2.45) is 5.41 Å². The van der Waals surface area contributed by atoms with Crippen molar-refractivity contribution < 1.29 is 19.6 Å². The first-order valence-corrected chi connectivity index (χ1v) is 11.6. The van der Waals surface area contributed by atoms with Gasteiger partial charge >= 0.3 is 11.7 Å². The topological polar surface area (TPSA) is 126 Å². The van der Waals surface area contributed by atoms with Gasteiger partial charge in [0.25, 0.3) is 0 Å². The molecule has 0 bridgehead atoms. The number of pyridine rings is 1. The van der Waals surface area contributed by atoms with Crippen LogP contribution < -0.4 is 5.32 Å². The van der Waals surface area contributed by atoms with E-state index in [-0.39, 0.29) is 23.7 Å². The molecule has 1 spiro atoms. The summed E-state index contributed by atoms with van der Waals surface area (Å²) in [6.07, 6.45) is 8.04. The molecule has 9 nitrogen and oxygen atoms in total. The van der Waals surface area contributed by atoms with Crippen molar-refractivity contribution in [2.75, 3.05) is 11.9 Å². The standard InChI is InChI=1S/C25H28N4O5/c1-2-28(21-16-22(30)25(21)12-4-3-5-13-25)20(24(31)32)15-17-8-10-18(11-9-17)27-23-19(29(33)34)7-6-14-26-23/h6-11,14,16,20H,2-5,12-13,15H2,1H3,(H,26,27)(H,31,32)/t20-/m0/s1. The number of hydrogen-bond acceptors (Lipinski definition) is 7. The molecule has 1 saturated carbocycles. The Morgan fingerprint density at radius 1 is 1.24 bits per heavy atom. The van der Waals surface area contributed by atoms with Gasteiger partial charge in [0.05, 0.1) is 10.3 Å². The molecule has 0 amide bonds. The number of carbonyl (C=O) groups is 2. The van der Waals surface area contributed by atoms with Crippen molar-refractivity contribution in [3.8, 4) is 0 Å². The molecule has 9 heteroatoms. The van der Waals surface area contributed by atoms with E-state index in [9.17, 15) is 24.8 Å². The average molecular weight is 465 g/mol. The maximum Gasteiger partial charge on any atom is 0.326 e. The summed E-state index contributed by atoms with van der Waals surface area (Å²) in [4.78, 5) is 41.4. The van der Waals surface area contributed by atoms with Gasteiger partial charge in [-0.05, 0) is 43.5 Å². The number of carboxylic acids is 1. The Morgan fingerprint density at radius 2 is 1.94 bits per heavy atom. The minimum Gasteiger partial charge on any atom is -0.480 e. The average Bonchev–Trinajstić information content (AvgIpc) is 2.85. The molecule has 0 aliphatic heterocycles. The third-order valence-electron chi connectivity index (χ3n) is 6.88. The van der Waals surface area contributed by atoms with Crippen molar-refractivity contribution in [1.82, 2.24) is 9.88 Å². The molecule has 1 heterocycles. The number of nitro groups is 1. The number of carbonyl (C=O) groups excluding carboxylic acids is 1. The van der Waals surface area contributed by atoms with Crippen LogP contribution in [-0.2, 0) is 16.0 Å². The van der Waals surface area contributed by atoms with Gasteiger partial charge in [-0.1, -0.05) is 31.4 Å². The number of aliphatic carboxylic acids is 1. The van der Waals surface area contributed by atoms with E-state index in [4.69, 9.17) is 0 Å². The molecule has 0 saturated heterocycles. The van der Waals surface area contributed by atoms with Crippen LogP contribution in [0.1, 0.15) is 44.6 Å². The molecule has 2 aromatic rings. The van der Waals surface area contributed by atoms with E-state index in [2.05, 4.69) is 10.3 Å². The van der Waals surface area contributed by atoms with Crippen LogP contribution in [0.2, 0.25) is 0 Å². The number of likely N-dealkylation sites (N-methyl/N-ethyl adjacent to an activating group) is 1. The highest BCUT2D eigenvalue weighted by molar-refractivity contribution is 6.05. The Hall–Kier alpha value is -3.75. The van der Waals surface area contributed by atoms with Gasteiger partial charge in [-0.3, -0.25) is 14.9 Å². The molecule has 34 heavy (non-hydrogen) atoms. The molecule has 0 radical (unpaired) electrons. The molecule has 1 aromatic heterocycles. The number of hydrogen-bond donors (Lipinski definition) is 2. The fraction of sp³-hybridized carbons (Fsp3) is 0.400. The van der Waals surface area contributed by atoms with Gasteiger partial charge in [-0.25, -0.2) is 9.78 Å². The Kier molecular flexibility index (Phi) is 6.63. The van der Waals surface area contributed by atoms with Gasteiger partial charge in [0, 0.05) is 42.7 Å². The van der Waals surface area contributed by atoms with Crippen molar-refractivity contribution in [3.63, 3.8) is 0 Å². The molecular weight excluding hydrogens is 436 g/mol. The number of aromatic nitrogens is 1. The Bertz CT molecular complexity index is 1120. The number of nitrogens with zero attached hydrogens (tertiary/aromatic N) is 3. The van der Waals surface area contributed by atoms with Crippen LogP contribution in [-0.4, -0.2) is 44.3 Å². The summed E-state index contributed by atoms with van der Waals surface area (Å²) < 4.78 is 0. The van der Waals surface area contributed by atoms with E-state index in [1.807, 2.05) is 11.8 Å². The molecule has 2 aliphatic carbocycles. The van der Waals surface area contributed by atoms with Gasteiger partial charge in [0.1, 0.15) is 6.04 Å². The van der Waals surface area contributed by atoms with Gasteiger partial charge in [0.2, 0.25) is 5.82 Å². The molecule has 4 rings (SSSR count). The predicted octanol–water partition coefficient (Wildman–Crippen LogP) is 4.47. The third-order valence-corrected chi connectivity index (χ3v) is 6.88. The van der Waals surface area contributed by atoms with E-state index in [1.54, 1.807) is 30.3 Å². The van der Waals surface area contributed by atoms with Crippen LogP contribution in [0.25, 0.3) is 0 Å². The molecule has 1 aromatic carbocycles. The van der Waals surface area contributed by atoms with E-state index < -0.39 is 22.3 Å². The zero-order valence-corrected chi connectivity index (χ0v) is 19.1. The summed E-state index contributed by atoms with van der Waals surface area (Å²) in [6, 6.07) is 9.18. The number of carboxylic acid groups (broad SMARTS) is 1. The van der Waals surface area contributed by atoms with E-state index >= 15 is 0 Å². The van der Waals surface area contributed by atoms with Gasteiger partial charge in [-0.15, -0.1) is 0 Å². The number of rotatable bonds is 9. The first-order chi connectivity index (χ1) is 16.4. The van der Waals surface area contributed by atoms with Crippen molar-refractivity contribution >= 4 is 28.9 Å². The number of allylic oxidation sites excluding steroid dienone is 2. The molecule has 178 valence electrons. The maximum absolute atomic E-state index is 12.5. The summed E-state index contributed by atoms with van der Waals surface area (Å²) in [7, 11) is 0. The van der Waals surface area contributed by atoms with Crippen LogP contribution in [0.15, 0.2) is 54.4 Å². The normalized spacial score (nSPS) is 17.4. The molecule has 0 unspecified atom stereocenters. The predicted molar refractivity (Wildman–Crippen MR) is 127 cm³/mol. The fourth-order valence-electron chi connectivity index (χ4n) is 5.08. The van der Waals surface area contributed by atoms with Crippen LogP contribution in [0.4, 0.5) is 17.2 Å². The lowest BCUT2D eigenvalue weighted by atomic mass is 9.62. The minimum atomic E-state index is -0.931. The third kappa shape index (κ3) is 4.37. The van der Waals surface area contributed by atoms with Crippen molar-refractivity contribution in [3.05, 3.63) is 70.0 Å². The summed E-state index contributed by atoms with van der Waals surface area (Å²) in [5, 5.41) is 24.2. The first kappa shape index (κ1) is 23.4. The molecule has 1 atom stereocenters. The van der Waals surface area contributed by atoms with Crippen molar-refractivity contribution in [2.45, 2.75) is 51.5 Å². The highest BCUT2D eigenvalue weighted by atomic mass is 16.6. The molecule has 1 fully saturated rings. The van der Waals surface area contributed by atoms with Crippen LogP contribution in [0.5, 0.6) is 0 Å². The van der Waals surface area contributed by atoms with Gasteiger partial charge in [-0.2, -0.15) is 0 Å². The van der Waals surface area contributed by atoms with Crippen LogP contribution in [0, 0.1) is 15.5 Å². The largest absolute Gasteiger partial charge is 0.480 e. The molecule has 2 N–H and O–H groups in total. The lowest BCUT2D eigenvalue weighted by molar-refractivity contribution is -0.384. The van der Waals surface area contributed by atoms with Gasteiger partial charge in [0.15, 0.2) is 5.78 Å². The number of anilines is 2. The summed E-state index contributed by atoms with van der Waals surface area (Å²) >= 11 is 0. The molecular formula is C25H28N4O5. The fourth-order valence-corrected chi connectivity index (χ4v) is 5.08. The Morgan fingerprint density at radius 3 is 2.53 bits per heavy atom. The maximum atomic E-state index is 12.5. The lowest BCUT2D eigenvalue weighted by Gasteiger charge is -2.49. The first-order valence-electron chi connectivity index (χ1n) is 11.6. The molecule has 2 aliphatic rings. The highest BCUT2D eigenvalue weighted by Gasteiger charge is 2.51. The number of nitrogens with one attached hydrogen (secondary N) is 1. The number of benzene rings is 1. The Balaban J connectivity index is 1.51. The zero-order chi connectivity index (χ0) is 24.3.